The van der Waals surface area contributed by atoms with E-state index in [2.05, 4.69) is 22.6 Å². The van der Waals surface area contributed by atoms with E-state index in [0.717, 1.165) is 11.3 Å². The van der Waals surface area contributed by atoms with E-state index in [9.17, 15) is 5.11 Å². The number of benzene rings is 2. The van der Waals surface area contributed by atoms with Crippen LogP contribution in [0.5, 0.6) is 11.5 Å². The molecule has 0 spiro atoms. The van der Waals surface area contributed by atoms with Crippen molar-refractivity contribution in [1.29, 1.82) is 0 Å². The van der Waals surface area contributed by atoms with Crippen molar-refractivity contribution in [2.24, 2.45) is 0 Å². The van der Waals surface area contributed by atoms with Crippen molar-refractivity contribution in [2.75, 3.05) is 0 Å². The van der Waals surface area contributed by atoms with Gasteiger partial charge in [-0.25, -0.2) is 0 Å². The highest BCUT2D eigenvalue weighted by atomic mass is 127. The molecule has 17 heavy (non-hydrogen) atoms. The molecule has 0 aliphatic carbocycles. The maximum atomic E-state index is 9.65. The second-order valence-corrected chi connectivity index (χ2v) is 5.02. The predicted octanol–water partition coefficient (Wildman–Crippen LogP) is 4.14. The van der Waals surface area contributed by atoms with E-state index in [1.165, 1.54) is 3.57 Å². The third-order valence-electron chi connectivity index (χ3n) is 2.41. The minimum Gasteiger partial charge on any atom is -0.457 e. The van der Waals surface area contributed by atoms with E-state index in [0.29, 0.717) is 5.75 Å². The Kier molecular flexibility index (Phi) is 4.02. The molecule has 3 heteroatoms. The fraction of sp³-hybridized carbons (Fsp3) is 0.143. The highest BCUT2D eigenvalue weighted by Crippen LogP contribution is 2.29. The topological polar surface area (TPSA) is 29.5 Å². The first-order valence-corrected chi connectivity index (χ1v) is 6.45. The number of para-hydroxylation sites is 1. The molecule has 2 aromatic carbocycles. The maximum absolute atomic E-state index is 9.65. The number of hydrogen-bond donors (Lipinski definition) is 1. The molecule has 0 amide bonds. The zero-order valence-electron chi connectivity index (χ0n) is 9.43. The Labute approximate surface area is 114 Å². The molecular formula is C14H13IO2. The zero-order chi connectivity index (χ0) is 12.3. The number of halogens is 1. The van der Waals surface area contributed by atoms with Gasteiger partial charge >= 0.3 is 0 Å². The van der Waals surface area contributed by atoms with Crippen molar-refractivity contribution >= 4 is 22.6 Å². The largest absolute Gasteiger partial charge is 0.457 e. The Morgan fingerprint density at radius 1 is 1.06 bits per heavy atom. The van der Waals surface area contributed by atoms with Crippen LogP contribution >= 0.6 is 22.6 Å². The summed E-state index contributed by atoms with van der Waals surface area (Å²) in [5, 5.41) is 9.65. The molecule has 1 unspecified atom stereocenters. The molecule has 0 radical (unpaired) electrons. The Morgan fingerprint density at radius 2 is 1.71 bits per heavy atom. The third-order valence-corrected chi connectivity index (χ3v) is 3.13. The molecule has 0 aliphatic rings. The van der Waals surface area contributed by atoms with Crippen LogP contribution in [0.15, 0.2) is 48.5 Å². The SMILES string of the molecule is CC(O)c1ccccc1Oc1ccc(I)cc1. The Balaban J connectivity index is 2.26. The number of aliphatic hydroxyl groups is 1. The Hall–Kier alpha value is -1.07. The van der Waals surface area contributed by atoms with Crippen molar-refractivity contribution in [1.82, 2.24) is 0 Å². The van der Waals surface area contributed by atoms with Gasteiger partial charge in [0, 0.05) is 9.13 Å². The van der Waals surface area contributed by atoms with E-state index in [-0.39, 0.29) is 0 Å². The van der Waals surface area contributed by atoms with Crippen molar-refractivity contribution in [3.05, 3.63) is 57.7 Å². The molecule has 2 nitrogen and oxygen atoms in total. The zero-order valence-corrected chi connectivity index (χ0v) is 11.6. The van der Waals surface area contributed by atoms with Crippen LogP contribution in [0.25, 0.3) is 0 Å². The lowest BCUT2D eigenvalue weighted by atomic mass is 10.1. The first kappa shape index (κ1) is 12.4. The van der Waals surface area contributed by atoms with Gasteiger partial charge < -0.3 is 9.84 Å². The van der Waals surface area contributed by atoms with Crippen molar-refractivity contribution < 1.29 is 9.84 Å². The molecule has 0 bridgehead atoms. The molecule has 0 fully saturated rings. The summed E-state index contributed by atoms with van der Waals surface area (Å²) in [6.07, 6.45) is -0.532. The smallest absolute Gasteiger partial charge is 0.133 e. The van der Waals surface area contributed by atoms with Gasteiger partial charge in [-0.3, -0.25) is 0 Å². The predicted molar refractivity (Wildman–Crippen MR) is 76.3 cm³/mol. The number of rotatable bonds is 3. The Morgan fingerprint density at radius 3 is 2.35 bits per heavy atom. The van der Waals surface area contributed by atoms with Gasteiger partial charge in [0.05, 0.1) is 6.10 Å². The van der Waals surface area contributed by atoms with E-state index in [1.54, 1.807) is 6.92 Å². The normalized spacial score (nSPS) is 12.2. The summed E-state index contributed by atoms with van der Waals surface area (Å²) in [7, 11) is 0. The molecule has 0 saturated carbocycles. The highest BCUT2D eigenvalue weighted by molar-refractivity contribution is 14.1. The van der Waals surface area contributed by atoms with Crippen LogP contribution in [0.2, 0.25) is 0 Å². The van der Waals surface area contributed by atoms with Crippen LogP contribution in [-0.4, -0.2) is 5.11 Å². The van der Waals surface area contributed by atoms with Crippen molar-refractivity contribution in [2.45, 2.75) is 13.0 Å². The molecular weight excluding hydrogens is 327 g/mol. The standard InChI is InChI=1S/C14H13IO2/c1-10(16)13-4-2-3-5-14(13)17-12-8-6-11(15)7-9-12/h2-10,16H,1H3. The first-order valence-electron chi connectivity index (χ1n) is 5.37. The lowest BCUT2D eigenvalue weighted by Crippen LogP contribution is -1.95. The minimum atomic E-state index is -0.532. The summed E-state index contributed by atoms with van der Waals surface area (Å²) in [6, 6.07) is 15.3. The van der Waals surface area contributed by atoms with E-state index in [4.69, 9.17) is 4.74 Å². The van der Waals surface area contributed by atoms with Gasteiger partial charge in [0.15, 0.2) is 0 Å². The molecule has 2 aromatic rings. The highest BCUT2D eigenvalue weighted by Gasteiger charge is 2.08. The summed E-state index contributed by atoms with van der Waals surface area (Å²) in [5.41, 5.74) is 0.797. The van der Waals surface area contributed by atoms with Crippen LogP contribution < -0.4 is 4.74 Å². The Bertz CT molecular complexity index is 492. The lowest BCUT2D eigenvalue weighted by Gasteiger charge is -2.12. The van der Waals surface area contributed by atoms with E-state index < -0.39 is 6.10 Å². The quantitative estimate of drug-likeness (QED) is 0.851. The molecule has 88 valence electrons. The monoisotopic (exact) mass is 340 g/mol. The average molecular weight is 340 g/mol. The number of hydrogen-bond acceptors (Lipinski definition) is 2. The third kappa shape index (κ3) is 3.20. The molecule has 2 rings (SSSR count). The van der Waals surface area contributed by atoms with Gasteiger partial charge in [0.2, 0.25) is 0 Å². The fourth-order valence-electron chi connectivity index (χ4n) is 1.55. The van der Waals surface area contributed by atoms with E-state index >= 15 is 0 Å². The molecule has 1 N–H and O–H groups in total. The van der Waals surface area contributed by atoms with Crippen LogP contribution in [0.1, 0.15) is 18.6 Å². The molecule has 0 aliphatic heterocycles. The number of ether oxygens (including phenoxy) is 1. The van der Waals surface area contributed by atoms with Gasteiger partial charge in [0.25, 0.3) is 0 Å². The second-order valence-electron chi connectivity index (χ2n) is 3.77. The van der Waals surface area contributed by atoms with Crippen LogP contribution in [0.4, 0.5) is 0 Å². The molecule has 1 atom stereocenters. The van der Waals surface area contributed by atoms with Crippen LogP contribution in [0.3, 0.4) is 0 Å². The lowest BCUT2D eigenvalue weighted by molar-refractivity contribution is 0.195. The van der Waals surface area contributed by atoms with Gasteiger partial charge in [-0.2, -0.15) is 0 Å². The second kappa shape index (κ2) is 5.51. The van der Waals surface area contributed by atoms with Gasteiger partial charge in [0.1, 0.15) is 11.5 Å². The van der Waals surface area contributed by atoms with Gasteiger partial charge in [-0.1, -0.05) is 18.2 Å². The van der Waals surface area contributed by atoms with Gasteiger partial charge in [-0.05, 0) is 59.8 Å². The minimum absolute atomic E-state index is 0.532. The maximum Gasteiger partial charge on any atom is 0.133 e. The summed E-state index contributed by atoms with van der Waals surface area (Å²) in [5.74, 6) is 1.47. The van der Waals surface area contributed by atoms with E-state index in [1.807, 2.05) is 48.5 Å². The van der Waals surface area contributed by atoms with Crippen LogP contribution in [-0.2, 0) is 0 Å². The summed E-state index contributed by atoms with van der Waals surface area (Å²) >= 11 is 2.25. The molecule has 0 saturated heterocycles. The average Bonchev–Trinajstić information content (AvgIpc) is 2.32. The summed E-state index contributed by atoms with van der Waals surface area (Å²) in [6.45, 7) is 1.73. The fourth-order valence-corrected chi connectivity index (χ4v) is 1.91. The van der Waals surface area contributed by atoms with Crippen molar-refractivity contribution in [3.63, 3.8) is 0 Å². The molecule has 0 heterocycles. The molecule has 0 aromatic heterocycles. The van der Waals surface area contributed by atoms with Crippen molar-refractivity contribution in [3.8, 4) is 11.5 Å². The number of aliphatic hydroxyl groups excluding tert-OH is 1. The summed E-state index contributed by atoms with van der Waals surface area (Å²) < 4.78 is 6.93. The summed E-state index contributed by atoms with van der Waals surface area (Å²) in [4.78, 5) is 0. The van der Waals surface area contributed by atoms with Gasteiger partial charge in [-0.15, -0.1) is 0 Å². The van der Waals surface area contributed by atoms with Crippen LogP contribution in [0, 0.1) is 3.57 Å². The first-order chi connectivity index (χ1) is 8.16.